The van der Waals surface area contributed by atoms with E-state index in [1.54, 1.807) is 0 Å². The molecule has 1 aliphatic rings. The van der Waals surface area contributed by atoms with Gasteiger partial charge in [0.05, 0.1) is 8.95 Å². The maximum Gasteiger partial charge on any atom is 0.147 e. The highest BCUT2D eigenvalue weighted by atomic mass is 79.9. The first-order valence-corrected chi connectivity index (χ1v) is 9.33. The molecule has 0 atom stereocenters. The molecule has 0 unspecified atom stereocenters. The van der Waals surface area contributed by atoms with Crippen molar-refractivity contribution in [2.24, 2.45) is 0 Å². The fraction of sp³-hybridized carbons (Fsp3) is 0.625. The van der Waals surface area contributed by atoms with Crippen molar-refractivity contribution in [1.29, 1.82) is 0 Å². The van der Waals surface area contributed by atoms with Gasteiger partial charge in [-0.2, -0.15) is 0 Å². The molecule has 0 radical (unpaired) electrons. The zero-order valence-corrected chi connectivity index (χ0v) is 15.8. The van der Waals surface area contributed by atoms with Gasteiger partial charge >= 0.3 is 0 Å². The first kappa shape index (κ1) is 17.3. The number of halogens is 2. The minimum atomic E-state index is 0.740. The number of ether oxygens (including phenoxy) is 1. The summed E-state index contributed by atoms with van der Waals surface area (Å²) in [5, 5.41) is 3.34. The molecule has 1 aliphatic heterocycles. The molecule has 0 bridgehead atoms. The van der Waals surface area contributed by atoms with Crippen LogP contribution in [0.2, 0.25) is 0 Å². The number of hydrogen-bond acceptors (Lipinski definition) is 3. The Morgan fingerprint density at radius 3 is 2.43 bits per heavy atom. The molecule has 1 heterocycles. The summed E-state index contributed by atoms with van der Waals surface area (Å²) in [7, 11) is 0. The highest BCUT2D eigenvalue weighted by Gasteiger charge is 2.12. The summed E-state index contributed by atoms with van der Waals surface area (Å²) < 4.78 is 8.01. The van der Waals surface area contributed by atoms with E-state index in [0.29, 0.717) is 0 Å². The SMILES string of the molecule is CCNCc1cc(Br)c(OCCN2CCCCC2)c(Br)c1. The van der Waals surface area contributed by atoms with Gasteiger partial charge in [0.1, 0.15) is 12.4 Å². The van der Waals surface area contributed by atoms with Crippen molar-refractivity contribution in [3.05, 3.63) is 26.6 Å². The van der Waals surface area contributed by atoms with Crippen LogP contribution in [0.1, 0.15) is 31.7 Å². The lowest BCUT2D eigenvalue weighted by atomic mass is 10.1. The predicted molar refractivity (Wildman–Crippen MR) is 95.0 cm³/mol. The van der Waals surface area contributed by atoms with E-state index in [4.69, 9.17) is 4.74 Å². The zero-order chi connectivity index (χ0) is 15.1. The second kappa shape index (κ2) is 9.13. The predicted octanol–water partition coefficient (Wildman–Crippen LogP) is 4.19. The van der Waals surface area contributed by atoms with Crippen molar-refractivity contribution in [3.63, 3.8) is 0 Å². The third-order valence-electron chi connectivity index (χ3n) is 3.74. The molecule has 1 N–H and O–H groups in total. The van der Waals surface area contributed by atoms with E-state index in [2.05, 4.69) is 61.1 Å². The van der Waals surface area contributed by atoms with Crippen LogP contribution >= 0.6 is 31.9 Å². The maximum absolute atomic E-state index is 5.97. The smallest absolute Gasteiger partial charge is 0.147 e. The van der Waals surface area contributed by atoms with Crippen molar-refractivity contribution in [3.8, 4) is 5.75 Å². The van der Waals surface area contributed by atoms with Gasteiger partial charge in [-0.25, -0.2) is 0 Å². The summed E-state index contributed by atoms with van der Waals surface area (Å²) in [6, 6.07) is 4.26. The average molecular weight is 420 g/mol. The number of hydrogen-bond donors (Lipinski definition) is 1. The standard InChI is InChI=1S/C16H24Br2N2O/c1-2-19-12-13-10-14(17)16(15(18)11-13)21-9-8-20-6-4-3-5-7-20/h10-11,19H,2-9,12H2,1H3. The summed E-state index contributed by atoms with van der Waals surface area (Å²) in [5.41, 5.74) is 1.25. The normalized spacial score (nSPS) is 16.1. The summed E-state index contributed by atoms with van der Waals surface area (Å²) in [6.45, 7) is 8.15. The lowest BCUT2D eigenvalue weighted by Gasteiger charge is -2.26. The van der Waals surface area contributed by atoms with Crippen LogP contribution in [0.25, 0.3) is 0 Å². The van der Waals surface area contributed by atoms with Crippen LogP contribution in [0.5, 0.6) is 5.75 Å². The van der Waals surface area contributed by atoms with Gasteiger partial charge in [-0.1, -0.05) is 13.3 Å². The first-order chi connectivity index (χ1) is 10.2. The van der Waals surface area contributed by atoms with Gasteiger partial charge in [0.2, 0.25) is 0 Å². The number of likely N-dealkylation sites (tertiary alicyclic amines) is 1. The van der Waals surface area contributed by atoms with Crippen molar-refractivity contribution in [2.75, 3.05) is 32.8 Å². The second-order valence-corrected chi connectivity index (χ2v) is 7.13. The Morgan fingerprint density at radius 1 is 1.14 bits per heavy atom. The molecule has 3 nitrogen and oxygen atoms in total. The quantitative estimate of drug-likeness (QED) is 0.717. The Labute approximate surface area is 144 Å². The molecular formula is C16H24Br2N2O. The van der Waals surface area contributed by atoms with Crippen LogP contribution in [-0.2, 0) is 6.54 Å². The summed E-state index contributed by atoms with van der Waals surface area (Å²) in [4.78, 5) is 2.49. The third kappa shape index (κ3) is 5.55. The van der Waals surface area contributed by atoms with Crippen molar-refractivity contribution >= 4 is 31.9 Å². The van der Waals surface area contributed by atoms with E-state index < -0.39 is 0 Å². The van der Waals surface area contributed by atoms with Gasteiger partial charge in [0.15, 0.2) is 0 Å². The van der Waals surface area contributed by atoms with Crippen molar-refractivity contribution in [1.82, 2.24) is 10.2 Å². The minimum Gasteiger partial charge on any atom is -0.490 e. The van der Waals surface area contributed by atoms with Crippen LogP contribution in [0, 0.1) is 0 Å². The highest BCUT2D eigenvalue weighted by Crippen LogP contribution is 2.34. The van der Waals surface area contributed by atoms with Gasteiger partial charge in [-0.15, -0.1) is 0 Å². The van der Waals surface area contributed by atoms with Gasteiger partial charge in [0, 0.05) is 13.1 Å². The molecule has 2 rings (SSSR count). The molecule has 0 spiro atoms. The molecule has 0 saturated carbocycles. The lowest BCUT2D eigenvalue weighted by molar-refractivity contribution is 0.182. The Kier molecular flexibility index (Phi) is 7.50. The van der Waals surface area contributed by atoms with Gasteiger partial charge in [0.25, 0.3) is 0 Å². The summed E-state index contributed by atoms with van der Waals surface area (Å²) >= 11 is 7.24. The van der Waals surface area contributed by atoms with Crippen molar-refractivity contribution in [2.45, 2.75) is 32.7 Å². The first-order valence-electron chi connectivity index (χ1n) is 7.74. The number of piperidine rings is 1. The fourth-order valence-electron chi connectivity index (χ4n) is 2.58. The topological polar surface area (TPSA) is 24.5 Å². The third-order valence-corrected chi connectivity index (χ3v) is 4.92. The second-order valence-electron chi connectivity index (χ2n) is 5.42. The molecule has 0 aliphatic carbocycles. The maximum atomic E-state index is 5.97. The van der Waals surface area contributed by atoms with Crippen LogP contribution < -0.4 is 10.1 Å². The number of nitrogens with one attached hydrogen (secondary N) is 1. The number of benzene rings is 1. The van der Waals surface area contributed by atoms with Crippen molar-refractivity contribution < 1.29 is 4.74 Å². The zero-order valence-electron chi connectivity index (χ0n) is 12.6. The van der Waals surface area contributed by atoms with Crippen LogP contribution in [-0.4, -0.2) is 37.7 Å². The molecule has 1 aromatic rings. The Morgan fingerprint density at radius 2 is 1.81 bits per heavy atom. The molecule has 1 fully saturated rings. The Bertz CT molecular complexity index is 425. The van der Waals surface area contributed by atoms with E-state index in [1.807, 2.05) is 0 Å². The molecule has 118 valence electrons. The molecule has 5 heteroatoms. The van der Waals surface area contributed by atoms with E-state index in [9.17, 15) is 0 Å². The summed E-state index contributed by atoms with van der Waals surface area (Å²) in [5.74, 6) is 0.909. The van der Waals surface area contributed by atoms with Gasteiger partial charge in [-0.05, 0) is 82.0 Å². The van der Waals surface area contributed by atoms with E-state index >= 15 is 0 Å². The summed E-state index contributed by atoms with van der Waals surface area (Å²) in [6.07, 6.45) is 4.03. The molecule has 0 aromatic heterocycles. The number of rotatable bonds is 7. The van der Waals surface area contributed by atoms with Crippen LogP contribution in [0.15, 0.2) is 21.1 Å². The largest absolute Gasteiger partial charge is 0.490 e. The van der Waals surface area contributed by atoms with E-state index in [-0.39, 0.29) is 0 Å². The monoisotopic (exact) mass is 418 g/mol. The van der Waals surface area contributed by atoms with E-state index in [1.165, 1.54) is 37.9 Å². The van der Waals surface area contributed by atoms with E-state index in [0.717, 1.165) is 40.9 Å². The fourth-order valence-corrected chi connectivity index (χ4v) is 4.09. The van der Waals surface area contributed by atoms with Crippen LogP contribution in [0.4, 0.5) is 0 Å². The Hall–Kier alpha value is -0.100. The molecule has 21 heavy (non-hydrogen) atoms. The van der Waals surface area contributed by atoms with Crippen LogP contribution in [0.3, 0.4) is 0 Å². The average Bonchev–Trinajstić information content (AvgIpc) is 2.49. The number of nitrogens with zero attached hydrogens (tertiary/aromatic N) is 1. The molecule has 0 amide bonds. The lowest BCUT2D eigenvalue weighted by Crippen LogP contribution is -2.33. The molecule has 1 saturated heterocycles. The molecular weight excluding hydrogens is 396 g/mol. The van der Waals surface area contributed by atoms with Gasteiger partial charge < -0.3 is 10.1 Å². The minimum absolute atomic E-state index is 0.740. The van der Waals surface area contributed by atoms with Gasteiger partial charge in [-0.3, -0.25) is 4.90 Å². The Balaban J connectivity index is 1.87. The molecule has 1 aromatic carbocycles. The highest BCUT2D eigenvalue weighted by molar-refractivity contribution is 9.11.